The van der Waals surface area contributed by atoms with Crippen molar-refractivity contribution in [3.05, 3.63) is 35.9 Å². The van der Waals surface area contributed by atoms with Gasteiger partial charge in [-0.3, -0.25) is 19.2 Å². The molecule has 0 spiro atoms. The molecule has 0 fully saturated rings. The lowest BCUT2D eigenvalue weighted by atomic mass is 9.89. The van der Waals surface area contributed by atoms with Crippen LogP contribution in [0.15, 0.2) is 30.3 Å². The average Bonchev–Trinajstić information content (AvgIpc) is 3.05. The molecule has 5 amide bonds. The summed E-state index contributed by atoms with van der Waals surface area (Å²) in [5.74, 6) is -2.70. The Morgan fingerprint density at radius 2 is 1.37 bits per heavy atom. The van der Waals surface area contributed by atoms with E-state index in [-0.39, 0.29) is 43.1 Å². The minimum Gasteiger partial charge on any atom is -0.444 e. The zero-order valence-electron chi connectivity index (χ0n) is 32.8. The van der Waals surface area contributed by atoms with Crippen molar-refractivity contribution in [2.24, 2.45) is 23.7 Å². The first-order valence-electron chi connectivity index (χ1n) is 18.3. The molecule has 6 atom stereocenters. The summed E-state index contributed by atoms with van der Waals surface area (Å²) in [5, 5.41) is 35.3. The number of ether oxygens (including phenoxy) is 1. The number of carbonyl (C=O) groups excluding carboxylic acids is 5. The molecule has 14 heteroatoms. The molecule has 7 N–H and O–H groups in total. The number of alkyl carbamates (subject to hydrolysis) is 1. The molecule has 0 saturated carbocycles. The van der Waals surface area contributed by atoms with Gasteiger partial charge in [0.15, 0.2) is 0 Å². The molecule has 0 bridgehead atoms. The van der Waals surface area contributed by atoms with Gasteiger partial charge in [0.2, 0.25) is 23.6 Å². The molecule has 0 aromatic heterocycles. The van der Waals surface area contributed by atoms with E-state index in [1.807, 2.05) is 64.3 Å². The second-order valence-corrected chi connectivity index (χ2v) is 16.4. The van der Waals surface area contributed by atoms with E-state index in [0.29, 0.717) is 25.1 Å². The summed E-state index contributed by atoms with van der Waals surface area (Å²) in [6, 6.07) is 5.83. The molecule has 0 aliphatic heterocycles. The number of thioether (sulfide) groups is 1. The van der Waals surface area contributed by atoms with Crippen LogP contribution in [0.3, 0.4) is 0 Å². The van der Waals surface area contributed by atoms with E-state index in [9.17, 15) is 34.2 Å². The number of hydrogen-bond acceptors (Lipinski definition) is 9. The van der Waals surface area contributed by atoms with E-state index in [2.05, 4.69) is 26.6 Å². The molecule has 1 rings (SSSR count). The predicted octanol–water partition coefficient (Wildman–Crippen LogP) is 3.51. The Morgan fingerprint density at radius 1 is 0.769 bits per heavy atom. The number of carbonyl (C=O) groups is 5. The van der Waals surface area contributed by atoms with E-state index >= 15 is 0 Å². The lowest BCUT2D eigenvalue weighted by Crippen LogP contribution is -2.58. The van der Waals surface area contributed by atoms with Gasteiger partial charge >= 0.3 is 6.09 Å². The Labute approximate surface area is 314 Å². The minimum absolute atomic E-state index is 0.0370. The molecule has 13 nitrogen and oxygen atoms in total. The lowest BCUT2D eigenvalue weighted by molar-refractivity contribution is -0.133. The van der Waals surface area contributed by atoms with Crippen LogP contribution < -0.4 is 26.6 Å². The quantitative estimate of drug-likeness (QED) is 0.0928. The van der Waals surface area contributed by atoms with Crippen molar-refractivity contribution < 1.29 is 38.9 Å². The number of benzene rings is 1. The molecule has 0 heterocycles. The van der Waals surface area contributed by atoms with Gasteiger partial charge in [-0.15, -0.1) is 0 Å². The zero-order valence-corrected chi connectivity index (χ0v) is 33.6. The minimum atomic E-state index is -1.19. The SMILES string of the molecule is CSCCC(NC(=O)[C@@H](NC(=O)OC(C)(C)C)C(C)C)C(=O)N[C@@H](CC(C)C)[C@@H](O)C[C@@H](CCO)C(=O)N[C@H](C(=O)NCc1ccccc1)C(C)C. The third kappa shape index (κ3) is 17.9. The largest absolute Gasteiger partial charge is 0.444 e. The normalized spacial score (nSPS) is 15.2. The van der Waals surface area contributed by atoms with E-state index in [4.69, 9.17) is 4.74 Å². The number of nitrogens with one attached hydrogen (secondary N) is 5. The van der Waals surface area contributed by atoms with Gasteiger partial charge in [0.1, 0.15) is 23.7 Å². The van der Waals surface area contributed by atoms with Crippen molar-refractivity contribution in [2.45, 2.75) is 130 Å². The predicted molar refractivity (Wildman–Crippen MR) is 205 cm³/mol. The molecule has 1 unspecified atom stereocenters. The fourth-order valence-corrected chi connectivity index (χ4v) is 5.98. The number of aliphatic hydroxyl groups is 2. The van der Waals surface area contributed by atoms with Crippen LogP contribution in [0.2, 0.25) is 0 Å². The third-order valence-electron chi connectivity index (χ3n) is 8.31. The van der Waals surface area contributed by atoms with Gasteiger partial charge < -0.3 is 41.5 Å². The first kappa shape index (κ1) is 46.7. The van der Waals surface area contributed by atoms with Gasteiger partial charge in [-0.1, -0.05) is 71.9 Å². The van der Waals surface area contributed by atoms with Crippen molar-refractivity contribution in [3.8, 4) is 0 Å². The number of aliphatic hydroxyl groups excluding tert-OH is 2. The summed E-state index contributed by atoms with van der Waals surface area (Å²) in [6.45, 7) is 16.2. The van der Waals surface area contributed by atoms with E-state index < -0.39 is 65.6 Å². The maximum Gasteiger partial charge on any atom is 0.408 e. The van der Waals surface area contributed by atoms with Crippen LogP contribution in [0, 0.1) is 23.7 Å². The van der Waals surface area contributed by atoms with Gasteiger partial charge in [-0.05, 0) is 81.8 Å². The van der Waals surface area contributed by atoms with Crippen molar-refractivity contribution in [3.63, 3.8) is 0 Å². The van der Waals surface area contributed by atoms with Crippen LogP contribution in [0.5, 0.6) is 0 Å². The average molecular weight is 752 g/mol. The second kappa shape index (κ2) is 23.3. The summed E-state index contributed by atoms with van der Waals surface area (Å²) >= 11 is 1.50. The van der Waals surface area contributed by atoms with E-state index in [0.717, 1.165) is 5.56 Å². The van der Waals surface area contributed by atoms with Gasteiger partial charge in [0, 0.05) is 19.1 Å². The van der Waals surface area contributed by atoms with E-state index in [1.54, 1.807) is 34.6 Å². The maximum absolute atomic E-state index is 13.8. The highest BCUT2D eigenvalue weighted by molar-refractivity contribution is 7.98. The van der Waals surface area contributed by atoms with Crippen molar-refractivity contribution >= 4 is 41.5 Å². The molecule has 52 heavy (non-hydrogen) atoms. The first-order chi connectivity index (χ1) is 24.3. The molecule has 1 aromatic carbocycles. The Balaban J connectivity index is 3.12. The molecular formula is C38H65N5O8S. The van der Waals surface area contributed by atoms with Crippen LogP contribution in [-0.2, 0) is 30.5 Å². The smallest absolute Gasteiger partial charge is 0.408 e. The fourth-order valence-electron chi connectivity index (χ4n) is 5.51. The van der Waals surface area contributed by atoms with Crippen molar-refractivity contribution in [2.75, 3.05) is 18.6 Å². The molecule has 0 aliphatic rings. The zero-order chi connectivity index (χ0) is 39.6. The van der Waals surface area contributed by atoms with Crippen LogP contribution in [0.4, 0.5) is 4.79 Å². The highest BCUT2D eigenvalue weighted by Crippen LogP contribution is 2.20. The van der Waals surface area contributed by atoms with Gasteiger partial charge in [0.25, 0.3) is 0 Å². The van der Waals surface area contributed by atoms with Gasteiger partial charge in [0.05, 0.1) is 12.1 Å². The molecule has 0 saturated heterocycles. The molecular weight excluding hydrogens is 687 g/mol. The fraction of sp³-hybridized carbons (Fsp3) is 0.711. The third-order valence-corrected chi connectivity index (χ3v) is 8.96. The Bertz CT molecular complexity index is 1260. The summed E-state index contributed by atoms with van der Waals surface area (Å²) in [7, 11) is 0. The van der Waals surface area contributed by atoms with Gasteiger partial charge in [-0.2, -0.15) is 11.8 Å². The Kier molecular flexibility index (Phi) is 20.9. The van der Waals surface area contributed by atoms with Crippen LogP contribution in [-0.4, -0.2) is 94.4 Å². The molecule has 296 valence electrons. The first-order valence-corrected chi connectivity index (χ1v) is 19.7. The Hall–Kier alpha value is -3.36. The Morgan fingerprint density at radius 3 is 1.88 bits per heavy atom. The van der Waals surface area contributed by atoms with E-state index in [1.165, 1.54) is 11.8 Å². The van der Waals surface area contributed by atoms with Crippen molar-refractivity contribution in [1.29, 1.82) is 0 Å². The summed E-state index contributed by atoms with van der Waals surface area (Å²) in [4.78, 5) is 66.4. The van der Waals surface area contributed by atoms with Crippen LogP contribution in [0.1, 0.15) is 93.6 Å². The topological polar surface area (TPSA) is 195 Å². The maximum atomic E-state index is 13.8. The monoisotopic (exact) mass is 751 g/mol. The summed E-state index contributed by atoms with van der Waals surface area (Å²) < 4.78 is 5.33. The number of hydrogen-bond donors (Lipinski definition) is 7. The van der Waals surface area contributed by atoms with Crippen LogP contribution >= 0.6 is 11.8 Å². The van der Waals surface area contributed by atoms with Gasteiger partial charge in [-0.25, -0.2) is 4.79 Å². The van der Waals surface area contributed by atoms with Crippen molar-refractivity contribution in [1.82, 2.24) is 26.6 Å². The molecule has 1 aromatic rings. The summed E-state index contributed by atoms with van der Waals surface area (Å²) in [6.07, 6.45) is 0.556. The number of amides is 5. The molecule has 0 aliphatic carbocycles. The lowest BCUT2D eigenvalue weighted by Gasteiger charge is -2.31. The highest BCUT2D eigenvalue weighted by atomic mass is 32.2. The highest BCUT2D eigenvalue weighted by Gasteiger charge is 2.34. The molecule has 0 radical (unpaired) electrons. The standard InChI is InChI=1S/C38H65N5O8S/c1-23(2)20-29(41-34(47)28(17-19-52-10)40-36(49)32(25(5)6)43-37(50)51-38(7,8)9)30(45)21-27(16-18-44)33(46)42-31(24(3)4)35(48)39-22-26-14-12-11-13-15-26/h11-15,23-25,27-32,44-45H,16-22H2,1-10H3,(H,39,48)(H,40,49)(H,41,47)(H,42,46)(H,43,50)/t27-,28?,29+,30+,31+,32+/m1/s1. The van der Waals surface area contributed by atoms with Crippen LogP contribution in [0.25, 0.3) is 0 Å². The number of rotatable bonds is 22. The second-order valence-electron chi connectivity index (χ2n) is 15.4. The summed E-state index contributed by atoms with van der Waals surface area (Å²) in [5.41, 5.74) is 0.149.